The Morgan fingerprint density at radius 1 is 1.33 bits per heavy atom. The van der Waals surface area contributed by atoms with Crippen molar-refractivity contribution in [3.05, 3.63) is 17.7 Å². The molecule has 0 radical (unpaired) electrons. The fourth-order valence-electron chi connectivity index (χ4n) is 2.92. The zero-order valence-electron chi connectivity index (χ0n) is 12.5. The number of amides is 1. The fourth-order valence-corrected chi connectivity index (χ4v) is 2.92. The van der Waals surface area contributed by atoms with Crippen molar-refractivity contribution < 1.29 is 19.0 Å². The Kier molecular flexibility index (Phi) is 3.20. The Hall–Kier alpha value is -1.95. The summed E-state index contributed by atoms with van der Waals surface area (Å²) in [7, 11) is 0. The summed E-state index contributed by atoms with van der Waals surface area (Å²) in [5.74, 6) is 1.04. The van der Waals surface area contributed by atoms with E-state index in [0.29, 0.717) is 35.8 Å². The van der Waals surface area contributed by atoms with Crippen LogP contribution in [0.1, 0.15) is 31.1 Å². The molecule has 0 aromatic heterocycles. The summed E-state index contributed by atoms with van der Waals surface area (Å²) in [6.07, 6.45) is -0.00654. The second kappa shape index (κ2) is 4.80. The summed E-state index contributed by atoms with van der Waals surface area (Å²) in [6, 6.07) is 3.30. The minimum absolute atomic E-state index is 0.00654. The molecule has 2 aliphatic rings. The molecule has 3 rings (SSSR count). The molecular weight excluding hydrogens is 272 g/mol. The molecule has 0 spiro atoms. The number of nitrogen functional groups attached to an aromatic ring is 1. The van der Waals surface area contributed by atoms with Gasteiger partial charge in [-0.15, -0.1) is 0 Å². The SMILES string of the molecule is CC1CN(C(=O)c2cc3c(cc2N)OCO3)CC(C)(C)O1. The van der Waals surface area contributed by atoms with Gasteiger partial charge in [0.15, 0.2) is 11.5 Å². The first kappa shape index (κ1) is 14.0. The first-order chi connectivity index (χ1) is 9.85. The molecule has 0 aliphatic carbocycles. The van der Waals surface area contributed by atoms with Crippen molar-refractivity contribution in [2.75, 3.05) is 25.6 Å². The van der Waals surface area contributed by atoms with E-state index in [0.717, 1.165) is 0 Å². The quantitative estimate of drug-likeness (QED) is 0.796. The number of carbonyl (C=O) groups is 1. The number of morpholine rings is 1. The van der Waals surface area contributed by atoms with Gasteiger partial charge >= 0.3 is 0 Å². The smallest absolute Gasteiger partial charge is 0.256 e. The highest BCUT2D eigenvalue weighted by atomic mass is 16.7. The molecule has 1 saturated heterocycles. The van der Waals surface area contributed by atoms with Gasteiger partial charge in [0.25, 0.3) is 5.91 Å². The molecule has 2 aliphatic heterocycles. The van der Waals surface area contributed by atoms with E-state index < -0.39 is 0 Å². The predicted molar refractivity (Wildman–Crippen MR) is 77.5 cm³/mol. The molecule has 6 nitrogen and oxygen atoms in total. The molecule has 1 fully saturated rings. The number of hydrogen-bond acceptors (Lipinski definition) is 5. The van der Waals surface area contributed by atoms with Crippen molar-refractivity contribution in [3.8, 4) is 11.5 Å². The van der Waals surface area contributed by atoms with Crippen LogP contribution in [0.25, 0.3) is 0 Å². The lowest BCUT2D eigenvalue weighted by Crippen LogP contribution is -2.53. The highest BCUT2D eigenvalue weighted by Gasteiger charge is 2.35. The zero-order chi connectivity index (χ0) is 15.2. The second-order valence-electron chi connectivity index (χ2n) is 6.17. The minimum atomic E-state index is -0.363. The fraction of sp³-hybridized carbons (Fsp3) is 0.533. The molecule has 1 aromatic carbocycles. The highest BCUT2D eigenvalue weighted by Crippen LogP contribution is 2.36. The number of carbonyl (C=O) groups excluding carboxylic acids is 1. The van der Waals surface area contributed by atoms with Crippen LogP contribution in [0.2, 0.25) is 0 Å². The van der Waals surface area contributed by atoms with Crippen LogP contribution >= 0.6 is 0 Å². The average Bonchev–Trinajstić information content (AvgIpc) is 2.81. The Labute approximate surface area is 123 Å². The van der Waals surface area contributed by atoms with E-state index in [-0.39, 0.29) is 24.4 Å². The molecule has 1 aromatic rings. The number of benzene rings is 1. The first-order valence-electron chi connectivity index (χ1n) is 7.02. The van der Waals surface area contributed by atoms with Crippen molar-refractivity contribution in [1.29, 1.82) is 0 Å². The van der Waals surface area contributed by atoms with Crippen LogP contribution in [0.4, 0.5) is 5.69 Å². The van der Waals surface area contributed by atoms with E-state index >= 15 is 0 Å². The first-order valence-corrected chi connectivity index (χ1v) is 7.02. The summed E-state index contributed by atoms with van der Waals surface area (Å²) < 4.78 is 16.4. The third-order valence-electron chi connectivity index (χ3n) is 3.63. The van der Waals surface area contributed by atoms with E-state index in [1.807, 2.05) is 20.8 Å². The van der Waals surface area contributed by atoms with E-state index in [4.69, 9.17) is 19.9 Å². The van der Waals surface area contributed by atoms with Gasteiger partial charge < -0.3 is 24.8 Å². The third-order valence-corrected chi connectivity index (χ3v) is 3.63. The van der Waals surface area contributed by atoms with Crippen molar-refractivity contribution in [3.63, 3.8) is 0 Å². The number of rotatable bonds is 1. The van der Waals surface area contributed by atoms with Crippen LogP contribution in [0.15, 0.2) is 12.1 Å². The molecule has 6 heteroatoms. The normalized spacial score (nSPS) is 23.2. The molecule has 0 bridgehead atoms. The number of nitrogens with two attached hydrogens (primary N) is 1. The number of hydrogen-bond donors (Lipinski definition) is 1. The van der Waals surface area contributed by atoms with Gasteiger partial charge in [-0.2, -0.15) is 0 Å². The molecule has 1 atom stereocenters. The van der Waals surface area contributed by atoms with Crippen LogP contribution in [-0.2, 0) is 4.74 Å². The predicted octanol–water partition coefficient (Wildman–Crippen LogP) is 1.64. The van der Waals surface area contributed by atoms with Gasteiger partial charge in [-0.25, -0.2) is 0 Å². The van der Waals surface area contributed by atoms with E-state index in [1.165, 1.54) is 0 Å². The summed E-state index contributed by atoms with van der Waals surface area (Å²) in [6.45, 7) is 7.16. The van der Waals surface area contributed by atoms with E-state index in [1.54, 1.807) is 17.0 Å². The van der Waals surface area contributed by atoms with Crippen LogP contribution in [0, 0.1) is 0 Å². The molecule has 2 N–H and O–H groups in total. The van der Waals surface area contributed by atoms with Gasteiger partial charge in [0.05, 0.1) is 17.3 Å². The summed E-state index contributed by atoms with van der Waals surface area (Å²) in [4.78, 5) is 14.5. The molecule has 21 heavy (non-hydrogen) atoms. The zero-order valence-corrected chi connectivity index (χ0v) is 12.5. The number of nitrogens with zero attached hydrogens (tertiary/aromatic N) is 1. The molecular formula is C15H20N2O4. The summed E-state index contributed by atoms with van der Waals surface area (Å²) in [5.41, 5.74) is 6.48. The van der Waals surface area contributed by atoms with Crippen LogP contribution in [0.5, 0.6) is 11.5 Å². The maximum atomic E-state index is 12.7. The Bertz CT molecular complexity index is 585. The van der Waals surface area contributed by atoms with Crippen molar-refractivity contribution >= 4 is 11.6 Å². The molecule has 2 heterocycles. The lowest BCUT2D eigenvalue weighted by molar-refractivity contribution is -0.118. The molecule has 0 saturated carbocycles. The molecule has 1 unspecified atom stereocenters. The van der Waals surface area contributed by atoms with Gasteiger partial charge in [-0.05, 0) is 26.8 Å². The van der Waals surface area contributed by atoms with Gasteiger partial charge in [0.1, 0.15) is 0 Å². The van der Waals surface area contributed by atoms with Gasteiger partial charge in [0.2, 0.25) is 6.79 Å². The largest absolute Gasteiger partial charge is 0.454 e. The van der Waals surface area contributed by atoms with Crippen LogP contribution in [-0.4, -0.2) is 42.4 Å². The average molecular weight is 292 g/mol. The lowest BCUT2D eigenvalue weighted by Gasteiger charge is -2.41. The van der Waals surface area contributed by atoms with Crippen LogP contribution in [0.3, 0.4) is 0 Å². The van der Waals surface area contributed by atoms with Crippen molar-refractivity contribution in [1.82, 2.24) is 4.90 Å². The molecule has 114 valence electrons. The molecule has 1 amide bonds. The maximum absolute atomic E-state index is 12.7. The van der Waals surface area contributed by atoms with Gasteiger partial charge in [0, 0.05) is 24.8 Å². The van der Waals surface area contributed by atoms with Crippen molar-refractivity contribution in [2.24, 2.45) is 0 Å². The lowest BCUT2D eigenvalue weighted by atomic mass is 10.0. The second-order valence-corrected chi connectivity index (χ2v) is 6.17. The van der Waals surface area contributed by atoms with E-state index in [2.05, 4.69) is 0 Å². The van der Waals surface area contributed by atoms with Crippen molar-refractivity contribution in [2.45, 2.75) is 32.5 Å². The minimum Gasteiger partial charge on any atom is -0.454 e. The maximum Gasteiger partial charge on any atom is 0.256 e. The van der Waals surface area contributed by atoms with Gasteiger partial charge in [-0.1, -0.05) is 0 Å². The monoisotopic (exact) mass is 292 g/mol. The topological polar surface area (TPSA) is 74.0 Å². The van der Waals surface area contributed by atoms with Gasteiger partial charge in [-0.3, -0.25) is 4.79 Å². The summed E-state index contributed by atoms with van der Waals surface area (Å²) in [5, 5.41) is 0. The number of fused-ring (bicyclic) bond motifs is 1. The third kappa shape index (κ3) is 2.63. The Balaban J connectivity index is 1.88. The van der Waals surface area contributed by atoms with E-state index in [9.17, 15) is 4.79 Å². The highest BCUT2D eigenvalue weighted by molar-refractivity contribution is 6.00. The Morgan fingerprint density at radius 3 is 2.67 bits per heavy atom. The van der Waals surface area contributed by atoms with Crippen LogP contribution < -0.4 is 15.2 Å². The standard InChI is InChI=1S/C15H20N2O4/c1-9-6-17(7-15(2,3)21-9)14(18)10-4-12-13(5-11(10)16)20-8-19-12/h4-5,9H,6-8,16H2,1-3H3. The summed E-state index contributed by atoms with van der Waals surface area (Å²) >= 11 is 0. The Morgan fingerprint density at radius 2 is 2.00 bits per heavy atom. The number of anilines is 1. The number of ether oxygens (including phenoxy) is 3.